The van der Waals surface area contributed by atoms with Gasteiger partial charge in [-0.3, -0.25) is 4.79 Å². The molecular formula is C11H16NNaO6. The second-order valence-electron chi connectivity index (χ2n) is 2.51. The summed E-state index contributed by atoms with van der Waals surface area (Å²) in [5, 5.41) is 27.2. The molecule has 0 bridgehead atoms. The Bertz CT molecular complexity index is 315. The third kappa shape index (κ3) is 38.4. The third-order valence-electron chi connectivity index (χ3n) is 0.962. The van der Waals surface area contributed by atoms with E-state index < -0.39 is 11.9 Å². The summed E-state index contributed by atoms with van der Waals surface area (Å²) in [6.45, 7) is 10.3. The second-order valence-corrected chi connectivity index (χ2v) is 2.51. The van der Waals surface area contributed by atoms with Crippen LogP contribution in [0.1, 0.15) is 6.92 Å². The number of hydrogen-bond donors (Lipinski definition) is 3. The van der Waals surface area contributed by atoms with Gasteiger partial charge in [-0.1, -0.05) is 19.7 Å². The van der Waals surface area contributed by atoms with Crippen molar-refractivity contribution in [3.8, 4) is 0 Å². The van der Waals surface area contributed by atoms with Crippen LogP contribution in [0.15, 0.2) is 37.5 Å². The molecule has 0 saturated heterocycles. The summed E-state index contributed by atoms with van der Waals surface area (Å²) in [6, 6.07) is 0. The molecule has 8 heteroatoms. The molecule has 0 aliphatic carbocycles. The predicted octanol–water partition coefficient (Wildman–Crippen LogP) is -4.19. The van der Waals surface area contributed by atoms with Gasteiger partial charge in [0.05, 0.1) is 5.97 Å². The van der Waals surface area contributed by atoms with Crippen LogP contribution in [0.4, 0.5) is 0 Å². The van der Waals surface area contributed by atoms with Crippen LogP contribution in [0.2, 0.25) is 0 Å². The monoisotopic (exact) mass is 281 g/mol. The molecule has 0 aromatic heterocycles. The first-order valence-corrected chi connectivity index (χ1v) is 4.46. The average Bonchev–Trinajstić information content (AvgIpc) is 2.30. The molecule has 0 rings (SSSR count). The summed E-state index contributed by atoms with van der Waals surface area (Å²) in [7, 11) is 0. The Morgan fingerprint density at radius 2 is 1.58 bits per heavy atom. The van der Waals surface area contributed by atoms with E-state index in [0.29, 0.717) is 0 Å². The SMILES string of the molecule is C=C(C)C(=O)[O-].C=CC(=O)NCO.C=CC(=O)O.[Na+]. The van der Waals surface area contributed by atoms with Crippen LogP contribution in [-0.2, 0) is 14.4 Å². The fourth-order valence-electron chi connectivity index (χ4n) is 0.150. The van der Waals surface area contributed by atoms with Gasteiger partial charge in [0.1, 0.15) is 6.73 Å². The molecule has 1 amide bonds. The summed E-state index contributed by atoms with van der Waals surface area (Å²) >= 11 is 0. The molecule has 0 aliphatic heterocycles. The largest absolute Gasteiger partial charge is 1.00 e. The van der Waals surface area contributed by atoms with Gasteiger partial charge in [0.2, 0.25) is 5.91 Å². The zero-order chi connectivity index (χ0) is 15.1. The van der Waals surface area contributed by atoms with Crippen molar-refractivity contribution in [3.05, 3.63) is 37.5 Å². The fourth-order valence-corrected chi connectivity index (χ4v) is 0.150. The van der Waals surface area contributed by atoms with E-state index in [1.807, 2.05) is 0 Å². The van der Waals surface area contributed by atoms with Gasteiger partial charge in [-0.15, -0.1) is 0 Å². The molecule has 19 heavy (non-hydrogen) atoms. The molecule has 0 spiro atoms. The van der Waals surface area contributed by atoms with Crippen molar-refractivity contribution in [1.29, 1.82) is 0 Å². The number of aliphatic hydroxyl groups excluding tert-OH is 1. The van der Waals surface area contributed by atoms with Crippen molar-refractivity contribution in [2.24, 2.45) is 0 Å². The van der Waals surface area contributed by atoms with Crippen molar-refractivity contribution >= 4 is 17.8 Å². The number of hydrogen-bond acceptors (Lipinski definition) is 5. The topological polar surface area (TPSA) is 127 Å². The van der Waals surface area contributed by atoms with Gasteiger partial charge in [0, 0.05) is 6.08 Å². The van der Waals surface area contributed by atoms with Crippen LogP contribution in [0, 0.1) is 0 Å². The smallest absolute Gasteiger partial charge is 0.545 e. The van der Waals surface area contributed by atoms with Gasteiger partial charge >= 0.3 is 35.5 Å². The maximum atomic E-state index is 10.0. The number of aliphatic hydroxyl groups is 1. The van der Waals surface area contributed by atoms with E-state index in [1.54, 1.807) is 0 Å². The Hall–Kier alpha value is -1.41. The van der Waals surface area contributed by atoms with E-state index in [9.17, 15) is 19.5 Å². The molecule has 7 nitrogen and oxygen atoms in total. The second kappa shape index (κ2) is 18.9. The quantitative estimate of drug-likeness (QED) is 0.272. The molecular weight excluding hydrogens is 265 g/mol. The minimum Gasteiger partial charge on any atom is -0.545 e. The first-order chi connectivity index (χ1) is 8.22. The maximum absolute atomic E-state index is 10.0. The molecule has 0 fully saturated rings. The van der Waals surface area contributed by atoms with Gasteiger partial charge in [0.25, 0.3) is 0 Å². The predicted molar refractivity (Wildman–Crippen MR) is 63.1 cm³/mol. The Morgan fingerprint density at radius 3 is 1.63 bits per heavy atom. The van der Waals surface area contributed by atoms with Crippen molar-refractivity contribution in [2.75, 3.05) is 6.73 Å². The number of rotatable bonds is 4. The number of carbonyl (C=O) groups excluding carboxylic acids is 2. The Morgan fingerprint density at radius 1 is 1.26 bits per heavy atom. The number of carboxylic acids is 2. The third-order valence-corrected chi connectivity index (χ3v) is 0.962. The van der Waals surface area contributed by atoms with Gasteiger partial charge in [-0.25, -0.2) is 4.79 Å². The molecule has 0 aromatic rings. The van der Waals surface area contributed by atoms with E-state index in [1.165, 1.54) is 6.92 Å². The van der Waals surface area contributed by atoms with Crippen LogP contribution in [-0.4, -0.2) is 34.8 Å². The van der Waals surface area contributed by atoms with E-state index in [-0.39, 0.29) is 47.8 Å². The average molecular weight is 281 g/mol. The maximum Gasteiger partial charge on any atom is 1.00 e. The minimum atomic E-state index is -1.19. The number of amides is 1. The van der Waals surface area contributed by atoms with Gasteiger partial charge in [-0.05, 0) is 18.6 Å². The summed E-state index contributed by atoms with van der Waals surface area (Å²) in [4.78, 5) is 28.8. The Labute approximate surface area is 133 Å². The fraction of sp³-hybridized carbons (Fsp3) is 0.182. The molecule has 0 radical (unpaired) electrons. The minimum absolute atomic E-state index is 0. The summed E-state index contributed by atoms with van der Waals surface area (Å²) in [5.74, 6) is -2.53. The summed E-state index contributed by atoms with van der Waals surface area (Å²) in [6.07, 6.45) is 1.93. The Kier molecular flexibility index (Phi) is 26.1. The standard InChI is InChI=1S/C4H7NO2.C4H6O2.C3H4O2.Na/c1-2-4(7)5-3-6;1-3(2)4(5)6;1-2-3(4)5;/h2,6H,1,3H2,(H,5,7);1H2,2H3,(H,5,6);2H,1H2,(H,4,5);/q;;;+1/p-1. The molecule has 102 valence electrons. The van der Waals surface area contributed by atoms with E-state index in [0.717, 1.165) is 12.2 Å². The zero-order valence-electron chi connectivity index (χ0n) is 11.0. The number of carbonyl (C=O) groups is 3. The van der Waals surface area contributed by atoms with E-state index >= 15 is 0 Å². The van der Waals surface area contributed by atoms with Gasteiger partial charge < -0.3 is 25.4 Å². The zero-order valence-corrected chi connectivity index (χ0v) is 13.0. The Balaban J connectivity index is -0.0000000878. The number of nitrogens with one attached hydrogen (secondary N) is 1. The first kappa shape index (κ1) is 26.2. The molecule has 0 aromatic carbocycles. The molecule has 0 heterocycles. The molecule has 0 unspecified atom stereocenters. The summed E-state index contributed by atoms with van der Waals surface area (Å²) < 4.78 is 0. The van der Waals surface area contributed by atoms with E-state index in [2.05, 4.69) is 25.1 Å². The van der Waals surface area contributed by atoms with Crippen molar-refractivity contribution in [1.82, 2.24) is 5.32 Å². The van der Waals surface area contributed by atoms with Crippen molar-refractivity contribution in [3.63, 3.8) is 0 Å². The molecule has 0 atom stereocenters. The van der Waals surface area contributed by atoms with Crippen LogP contribution in [0.25, 0.3) is 0 Å². The van der Waals surface area contributed by atoms with Crippen molar-refractivity contribution in [2.45, 2.75) is 6.92 Å². The molecule has 3 N–H and O–H groups in total. The van der Waals surface area contributed by atoms with Crippen LogP contribution in [0.5, 0.6) is 0 Å². The van der Waals surface area contributed by atoms with Crippen LogP contribution in [0.3, 0.4) is 0 Å². The normalized spacial score (nSPS) is 6.84. The molecule has 0 saturated carbocycles. The summed E-state index contributed by atoms with van der Waals surface area (Å²) in [5.41, 5.74) is 0.0648. The van der Waals surface area contributed by atoms with Crippen molar-refractivity contribution < 1.29 is 59.3 Å². The first-order valence-electron chi connectivity index (χ1n) is 4.46. The number of carboxylic acid groups (broad SMARTS) is 2. The van der Waals surface area contributed by atoms with Gasteiger partial charge in [0.15, 0.2) is 0 Å². The number of aliphatic carboxylic acids is 2. The van der Waals surface area contributed by atoms with Gasteiger partial charge in [-0.2, -0.15) is 0 Å². The van der Waals surface area contributed by atoms with Crippen LogP contribution >= 0.6 is 0 Å². The van der Waals surface area contributed by atoms with Crippen LogP contribution < -0.4 is 40.0 Å². The molecule has 0 aliphatic rings. The van der Waals surface area contributed by atoms with E-state index in [4.69, 9.17) is 10.2 Å².